The third-order valence-corrected chi connectivity index (χ3v) is 3.65. The van der Waals surface area contributed by atoms with Crippen molar-refractivity contribution >= 4 is 17.3 Å². The molecule has 1 aromatic carbocycles. The molecule has 2 unspecified atom stereocenters. The minimum atomic E-state index is 0.0918. The molecule has 1 aliphatic rings. The Balaban J connectivity index is 1.90. The third kappa shape index (κ3) is 1.96. The summed E-state index contributed by atoms with van der Waals surface area (Å²) in [5.74, 6) is 0. The Labute approximate surface area is 111 Å². The number of benzene rings is 1. The van der Waals surface area contributed by atoms with Crippen molar-refractivity contribution < 1.29 is 0 Å². The van der Waals surface area contributed by atoms with Crippen LogP contribution in [0.5, 0.6) is 0 Å². The first-order valence-corrected chi connectivity index (χ1v) is 6.35. The summed E-state index contributed by atoms with van der Waals surface area (Å²) in [5, 5.41) is 3.92. The van der Waals surface area contributed by atoms with Crippen molar-refractivity contribution in [3.8, 4) is 0 Å². The van der Waals surface area contributed by atoms with Gasteiger partial charge >= 0.3 is 0 Å². The summed E-state index contributed by atoms with van der Waals surface area (Å²) in [6.07, 6.45) is 2.56. The number of hydrogen-bond acceptors (Lipinski definition) is 3. The fourth-order valence-corrected chi connectivity index (χ4v) is 2.67. The maximum atomic E-state index is 6.14. The first kappa shape index (κ1) is 11.5. The van der Waals surface area contributed by atoms with Crippen LogP contribution in [0.3, 0.4) is 0 Å². The molecule has 3 rings (SSSR count). The van der Waals surface area contributed by atoms with Gasteiger partial charge < -0.3 is 11.1 Å². The highest BCUT2D eigenvalue weighted by Gasteiger charge is 2.28. The van der Waals surface area contributed by atoms with E-state index in [9.17, 15) is 0 Å². The lowest BCUT2D eigenvalue weighted by atomic mass is 10.1. The van der Waals surface area contributed by atoms with Crippen molar-refractivity contribution in [3.63, 3.8) is 0 Å². The monoisotopic (exact) mass is 259 g/mol. The summed E-state index contributed by atoms with van der Waals surface area (Å²) < 4.78 is 0. The van der Waals surface area contributed by atoms with Gasteiger partial charge in [0.2, 0.25) is 0 Å². The first-order chi connectivity index (χ1) is 8.75. The molecule has 18 heavy (non-hydrogen) atoms. The number of aromatic nitrogens is 1. The fourth-order valence-electron chi connectivity index (χ4n) is 2.49. The zero-order chi connectivity index (χ0) is 12.5. The second-order valence-electron chi connectivity index (χ2n) is 4.51. The molecule has 0 saturated carbocycles. The summed E-state index contributed by atoms with van der Waals surface area (Å²) in [6.45, 7) is 0. The van der Waals surface area contributed by atoms with Gasteiger partial charge in [-0.3, -0.25) is 0 Å². The van der Waals surface area contributed by atoms with E-state index in [-0.39, 0.29) is 12.1 Å². The number of anilines is 1. The van der Waals surface area contributed by atoms with Crippen LogP contribution in [-0.4, -0.2) is 4.98 Å². The molecule has 2 atom stereocenters. The Bertz CT molecular complexity index is 570. The van der Waals surface area contributed by atoms with E-state index < -0.39 is 0 Å². The second kappa shape index (κ2) is 4.59. The number of hydrogen-bond donors (Lipinski definition) is 2. The molecule has 3 N–H and O–H groups in total. The molecule has 0 aliphatic heterocycles. The van der Waals surface area contributed by atoms with Crippen LogP contribution in [-0.2, 0) is 0 Å². The van der Waals surface area contributed by atoms with Crippen molar-refractivity contribution in [2.24, 2.45) is 5.73 Å². The number of pyridine rings is 1. The van der Waals surface area contributed by atoms with Gasteiger partial charge in [0.1, 0.15) is 0 Å². The van der Waals surface area contributed by atoms with Crippen LogP contribution < -0.4 is 11.1 Å². The van der Waals surface area contributed by atoms with Crippen molar-refractivity contribution in [2.45, 2.75) is 18.5 Å². The van der Waals surface area contributed by atoms with Gasteiger partial charge in [-0.25, -0.2) is 4.98 Å². The number of halogens is 1. The molecule has 0 saturated heterocycles. The Kier molecular flexibility index (Phi) is 2.94. The summed E-state index contributed by atoms with van der Waals surface area (Å²) >= 11 is 6.06. The lowest BCUT2D eigenvalue weighted by Crippen LogP contribution is -2.10. The number of fused-ring (bicyclic) bond motifs is 1. The standard InChI is InChI=1S/C14H14ClN3/c15-14-12(6-3-7-17-14)18-13-8-11(16)9-4-1-2-5-10(9)13/h1-7,11,13,18H,8,16H2. The molecule has 1 aliphatic carbocycles. The second-order valence-corrected chi connectivity index (χ2v) is 4.87. The molecule has 92 valence electrons. The topological polar surface area (TPSA) is 50.9 Å². The number of rotatable bonds is 2. The summed E-state index contributed by atoms with van der Waals surface area (Å²) in [4.78, 5) is 4.07. The molecule has 0 bridgehead atoms. The van der Waals surface area contributed by atoms with Crippen molar-refractivity contribution in [1.82, 2.24) is 4.98 Å². The summed E-state index contributed by atoms with van der Waals surface area (Å²) in [7, 11) is 0. The van der Waals surface area contributed by atoms with Gasteiger partial charge in [-0.05, 0) is 29.7 Å². The average molecular weight is 260 g/mol. The van der Waals surface area contributed by atoms with E-state index in [2.05, 4.69) is 22.4 Å². The Morgan fingerprint density at radius 2 is 1.94 bits per heavy atom. The van der Waals surface area contributed by atoms with E-state index in [1.54, 1.807) is 6.20 Å². The molecule has 0 spiro atoms. The zero-order valence-electron chi connectivity index (χ0n) is 9.81. The average Bonchev–Trinajstić information content (AvgIpc) is 2.70. The predicted molar refractivity (Wildman–Crippen MR) is 73.6 cm³/mol. The molecule has 2 aromatic rings. The lowest BCUT2D eigenvalue weighted by molar-refractivity contribution is 0.648. The SMILES string of the molecule is NC1CC(Nc2cccnc2Cl)c2ccccc21. The fraction of sp³-hybridized carbons (Fsp3) is 0.214. The van der Waals surface area contributed by atoms with Crippen LogP contribution in [0.4, 0.5) is 5.69 Å². The van der Waals surface area contributed by atoms with Gasteiger partial charge in [-0.1, -0.05) is 35.9 Å². The van der Waals surface area contributed by atoms with Gasteiger partial charge in [0.15, 0.2) is 5.15 Å². The maximum Gasteiger partial charge on any atom is 0.152 e. The highest BCUT2D eigenvalue weighted by atomic mass is 35.5. The quantitative estimate of drug-likeness (QED) is 0.814. The zero-order valence-corrected chi connectivity index (χ0v) is 10.6. The van der Waals surface area contributed by atoms with Crippen molar-refractivity contribution in [3.05, 3.63) is 58.9 Å². The molecule has 1 heterocycles. The normalized spacial score (nSPS) is 21.7. The van der Waals surface area contributed by atoms with Crippen LogP contribution in [0.1, 0.15) is 29.6 Å². The third-order valence-electron chi connectivity index (χ3n) is 3.35. The largest absolute Gasteiger partial charge is 0.376 e. The maximum absolute atomic E-state index is 6.14. The number of nitrogens with two attached hydrogens (primary N) is 1. The van der Waals surface area contributed by atoms with Crippen molar-refractivity contribution in [1.29, 1.82) is 0 Å². The molecule has 0 fully saturated rings. The van der Waals surface area contributed by atoms with E-state index in [1.807, 2.05) is 24.3 Å². The van der Waals surface area contributed by atoms with Gasteiger partial charge in [0.25, 0.3) is 0 Å². The van der Waals surface area contributed by atoms with Crippen LogP contribution in [0, 0.1) is 0 Å². The Morgan fingerprint density at radius 3 is 2.72 bits per heavy atom. The Morgan fingerprint density at radius 1 is 1.17 bits per heavy atom. The smallest absolute Gasteiger partial charge is 0.152 e. The highest BCUT2D eigenvalue weighted by Crippen LogP contribution is 2.39. The number of nitrogens with zero attached hydrogens (tertiary/aromatic N) is 1. The molecule has 4 heteroatoms. The molecular weight excluding hydrogens is 246 g/mol. The van der Waals surface area contributed by atoms with E-state index in [0.717, 1.165) is 12.1 Å². The van der Waals surface area contributed by atoms with Gasteiger partial charge in [-0.15, -0.1) is 0 Å². The minimum absolute atomic E-state index is 0.0918. The Hall–Kier alpha value is -1.58. The van der Waals surface area contributed by atoms with Crippen LogP contribution in [0.15, 0.2) is 42.6 Å². The lowest BCUT2D eigenvalue weighted by Gasteiger charge is -2.16. The molecular formula is C14H14ClN3. The van der Waals surface area contributed by atoms with Crippen molar-refractivity contribution in [2.75, 3.05) is 5.32 Å². The van der Waals surface area contributed by atoms with Crippen LogP contribution in [0.25, 0.3) is 0 Å². The number of nitrogens with one attached hydrogen (secondary N) is 1. The van der Waals surface area contributed by atoms with Gasteiger partial charge in [-0.2, -0.15) is 0 Å². The van der Waals surface area contributed by atoms with Crippen LogP contribution in [0.2, 0.25) is 5.15 Å². The molecule has 0 amide bonds. The first-order valence-electron chi connectivity index (χ1n) is 5.97. The minimum Gasteiger partial charge on any atom is -0.376 e. The highest BCUT2D eigenvalue weighted by molar-refractivity contribution is 6.31. The molecule has 0 radical (unpaired) electrons. The predicted octanol–water partition coefficient (Wildman–Crippen LogP) is 3.29. The summed E-state index contributed by atoms with van der Waals surface area (Å²) in [6, 6.07) is 12.4. The van der Waals surface area contributed by atoms with Crippen LogP contribution >= 0.6 is 11.6 Å². The van der Waals surface area contributed by atoms with E-state index in [0.29, 0.717) is 5.15 Å². The van der Waals surface area contributed by atoms with Gasteiger partial charge in [0, 0.05) is 12.2 Å². The van der Waals surface area contributed by atoms with E-state index in [1.165, 1.54) is 11.1 Å². The molecule has 1 aromatic heterocycles. The molecule has 3 nitrogen and oxygen atoms in total. The van der Waals surface area contributed by atoms with E-state index in [4.69, 9.17) is 17.3 Å². The van der Waals surface area contributed by atoms with E-state index >= 15 is 0 Å². The van der Waals surface area contributed by atoms with Gasteiger partial charge in [0.05, 0.1) is 11.7 Å². The summed E-state index contributed by atoms with van der Waals surface area (Å²) in [5.41, 5.74) is 9.47.